The Morgan fingerprint density at radius 3 is 1.50 bits per heavy atom. The Hall–Kier alpha value is 3.52. The van der Waals surface area contributed by atoms with Crippen LogP contribution in [0.5, 0.6) is 0 Å². The molecule has 1 unspecified atom stereocenters. The summed E-state index contributed by atoms with van der Waals surface area (Å²) in [4.78, 5) is 48.1. The molecule has 108 valence electrons. The fourth-order valence-corrected chi connectivity index (χ4v) is 1.20. The van der Waals surface area contributed by atoms with Crippen molar-refractivity contribution < 1.29 is 48.6 Å². The SMILES string of the molecule is O=C(O)CC(O)(CC(=O)OP(=O)(O)O)C(=O)O.[NaH].[NaH].[NaH].[NaH].[NaH]. The summed E-state index contributed by atoms with van der Waals surface area (Å²) in [5.74, 6) is -5.47. The normalized spacial score (nSPS) is 11.4. The molecule has 0 aromatic carbocycles. The van der Waals surface area contributed by atoms with Crippen LogP contribution < -0.4 is 0 Å². The van der Waals surface area contributed by atoms with Crippen LogP contribution in [0.25, 0.3) is 0 Å². The predicted molar refractivity (Wildman–Crippen MR) is 83.3 cm³/mol. The summed E-state index contributed by atoms with van der Waals surface area (Å²) in [6.45, 7) is 0. The van der Waals surface area contributed by atoms with Crippen molar-refractivity contribution in [3.63, 3.8) is 0 Å². The summed E-state index contributed by atoms with van der Waals surface area (Å²) < 4.78 is 13.7. The van der Waals surface area contributed by atoms with E-state index >= 15 is 0 Å². The van der Waals surface area contributed by atoms with Gasteiger partial charge >= 0.3 is 174 Å². The first-order chi connectivity index (χ1) is 7.46. The molecular formula is C6H14Na5O10P. The molecule has 0 fully saturated rings. The summed E-state index contributed by atoms with van der Waals surface area (Å²) in [5.41, 5.74) is -2.99. The third kappa shape index (κ3) is 19.8. The fourth-order valence-electron chi connectivity index (χ4n) is 0.868. The van der Waals surface area contributed by atoms with Gasteiger partial charge in [-0.05, 0) is 0 Å². The second-order valence-electron chi connectivity index (χ2n) is 3.04. The van der Waals surface area contributed by atoms with E-state index in [9.17, 15) is 24.1 Å². The van der Waals surface area contributed by atoms with Gasteiger partial charge in [0, 0.05) is 0 Å². The summed E-state index contributed by atoms with van der Waals surface area (Å²) >= 11 is 0. The number of carboxylic acid groups (broad SMARTS) is 2. The third-order valence-corrected chi connectivity index (χ3v) is 1.94. The van der Waals surface area contributed by atoms with Crippen molar-refractivity contribution in [2.75, 3.05) is 0 Å². The van der Waals surface area contributed by atoms with Crippen molar-refractivity contribution in [1.29, 1.82) is 0 Å². The minimum absolute atomic E-state index is 0. The van der Waals surface area contributed by atoms with Gasteiger partial charge in [-0.15, -0.1) is 0 Å². The quantitative estimate of drug-likeness (QED) is 0.217. The number of hydrogen-bond acceptors (Lipinski definition) is 6. The van der Waals surface area contributed by atoms with Crippen molar-refractivity contribution in [1.82, 2.24) is 0 Å². The van der Waals surface area contributed by atoms with Gasteiger partial charge in [-0.25, -0.2) is 9.36 Å². The molecular weight excluding hydrogens is 378 g/mol. The van der Waals surface area contributed by atoms with Crippen molar-refractivity contribution in [3.05, 3.63) is 0 Å². The van der Waals surface area contributed by atoms with Gasteiger partial charge in [0.05, 0.1) is 12.8 Å². The van der Waals surface area contributed by atoms with E-state index in [0.717, 1.165) is 0 Å². The Kier molecular flexibility index (Phi) is 32.8. The van der Waals surface area contributed by atoms with Crippen molar-refractivity contribution in [2.45, 2.75) is 18.4 Å². The molecule has 1 atom stereocenters. The van der Waals surface area contributed by atoms with Gasteiger partial charge in [0.2, 0.25) is 0 Å². The maximum atomic E-state index is 10.8. The van der Waals surface area contributed by atoms with Crippen molar-refractivity contribution >= 4 is 174 Å². The second-order valence-corrected chi connectivity index (χ2v) is 4.20. The zero-order chi connectivity index (χ0) is 13.9. The van der Waals surface area contributed by atoms with Crippen LogP contribution in [0.3, 0.4) is 0 Å². The van der Waals surface area contributed by atoms with Crippen LogP contribution in [-0.2, 0) is 23.5 Å². The van der Waals surface area contributed by atoms with Crippen LogP contribution >= 0.6 is 7.82 Å². The van der Waals surface area contributed by atoms with E-state index in [2.05, 4.69) is 4.52 Å². The summed E-state index contributed by atoms with van der Waals surface area (Å²) in [7, 11) is -5.17. The molecule has 0 radical (unpaired) electrons. The molecule has 16 heteroatoms. The van der Waals surface area contributed by atoms with E-state index < -0.39 is 44.2 Å². The van der Waals surface area contributed by atoms with E-state index in [4.69, 9.17) is 20.0 Å². The first-order valence-electron chi connectivity index (χ1n) is 3.92. The fraction of sp³-hybridized carbons (Fsp3) is 0.500. The molecule has 0 bridgehead atoms. The molecule has 0 aliphatic rings. The average Bonchev–Trinajstić information content (AvgIpc) is 1.96. The first-order valence-corrected chi connectivity index (χ1v) is 5.45. The van der Waals surface area contributed by atoms with Crippen LogP contribution in [-0.4, -0.2) is 196 Å². The van der Waals surface area contributed by atoms with E-state index in [1.54, 1.807) is 0 Å². The van der Waals surface area contributed by atoms with Gasteiger partial charge in [-0.1, -0.05) is 0 Å². The van der Waals surface area contributed by atoms with E-state index in [1.807, 2.05) is 0 Å². The number of phosphoric ester groups is 1. The van der Waals surface area contributed by atoms with Gasteiger partial charge in [0.1, 0.15) is 0 Å². The number of rotatable bonds is 6. The number of hydrogen-bond donors (Lipinski definition) is 5. The van der Waals surface area contributed by atoms with Gasteiger partial charge in [0.15, 0.2) is 5.60 Å². The van der Waals surface area contributed by atoms with Crippen LogP contribution in [0, 0.1) is 0 Å². The van der Waals surface area contributed by atoms with Gasteiger partial charge in [0.25, 0.3) is 0 Å². The Balaban J connectivity index is -0.000000128. The zero-order valence-corrected chi connectivity index (χ0v) is 9.03. The number of aliphatic carboxylic acids is 2. The number of aliphatic hydroxyl groups is 1. The topological polar surface area (TPSA) is 179 Å². The minimum atomic E-state index is -5.17. The van der Waals surface area contributed by atoms with Crippen LogP contribution in [0.4, 0.5) is 0 Å². The Morgan fingerprint density at radius 1 is 0.909 bits per heavy atom. The maximum absolute atomic E-state index is 10.8. The molecule has 0 spiro atoms. The molecule has 0 heterocycles. The number of phosphoric acid groups is 1. The standard InChI is InChI=1S/C6H9O10P.5Na.5H/c7-3(8)1-6(12,5(10)11)2-4(9)16-17(13,14)15;;;;;;;;;;/h12H,1-2H2,(H,7,8)(H,10,11)(H2,13,14,15);;;;;;;;;;. The molecule has 10 nitrogen and oxygen atoms in total. The Morgan fingerprint density at radius 2 is 1.27 bits per heavy atom. The van der Waals surface area contributed by atoms with E-state index in [-0.39, 0.29) is 148 Å². The Labute approximate surface area is 236 Å². The predicted octanol–water partition coefficient (Wildman–Crippen LogP) is -4.94. The molecule has 0 aliphatic carbocycles. The van der Waals surface area contributed by atoms with Gasteiger partial charge in [-0.3, -0.25) is 19.4 Å². The second kappa shape index (κ2) is 17.9. The monoisotopic (exact) mass is 392 g/mol. The third-order valence-electron chi connectivity index (χ3n) is 1.50. The van der Waals surface area contributed by atoms with E-state index in [0.29, 0.717) is 0 Å². The average molecular weight is 392 g/mol. The van der Waals surface area contributed by atoms with Crippen LogP contribution in [0.15, 0.2) is 0 Å². The molecule has 0 aromatic heterocycles. The summed E-state index contributed by atoms with van der Waals surface area (Å²) in [5, 5.41) is 26.1. The zero-order valence-electron chi connectivity index (χ0n) is 8.14. The number of carbonyl (C=O) groups is 3. The molecule has 0 amide bonds. The van der Waals surface area contributed by atoms with Crippen LogP contribution in [0.1, 0.15) is 12.8 Å². The van der Waals surface area contributed by atoms with Gasteiger partial charge < -0.3 is 19.8 Å². The molecule has 5 N–H and O–H groups in total. The summed E-state index contributed by atoms with van der Waals surface area (Å²) in [6.07, 6.45) is -2.72. The molecule has 0 saturated heterocycles. The van der Waals surface area contributed by atoms with Crippen molar-refractivity contribution in [2.24, 2.45) is 0 Å². The van der Waals surface area contributed by atoms with Crippen molar-refractivity contribution in [3.8, 4) is 0 Å². The molecule has 0 aromatic rings. The molecule has 0 rings (SSSR count). The Bertz CT molecular complexity index is 399. The first kappa shape index (κ1) is 40.3. The number of carbonyl (C=O) groups excluding carboxylic acids is 1. The van der Waals surface area contributed by atoms with Crippen LogP contribution in [0.2, 0.25) is 0 Å². The van der Waals surface area contributed by atoms with Gasteiger partial charge in [-0.2, -0.15) is 0 Å². The number of carboxylic acids is 2. The molecule has 0 aliphatic heterocycles. The summed E-state index contributed by atoms with van der Waals surface area (Å²) in [6, 6.07) is 0. The molecule has 22 heavy (non-hydrogen) atoms. The van der Waals surface area contributed by atoms with E-state index in [1.165, 1.54) is 0 Å². The molecule has 0 saturated carbocycles.